The van der Waals surface area contributed by atoms with Gasteiger partial charge in [-0.05, 0) is 81.1 Å². The summed E-state index contributed by atoms with van der Waals surface area (Å²) in [5.41, 5.74) is 2.61. The molecule has 4 aliphatic carbocycles. The average molecular weight is 869 g/mol. The van der Waals surface area contributed by atoms with Crippen LogP contribution in [0.25, 0.3) is 0 Å². The van der Waals surface area contributed by atoms with E-state index in [2.05, 4.69) is 33.4 Å². The fourth-order valence-electron chi connectivity index (χ4n) is 12.7. The number of ether oxygens (including phenoxy) is 7. The average Bonchev–Trinajstić information content (AvgIpc) is 3.72. The van der Waals surface area contributed by atoms with Crippen LogP contribution >= 0.6 is 0 Å². The molecule has 0 bridgehead atoms. The molecule has 0 aromatic heterocycles. The van der Waals surface area contributed by atoms with Gasteiger partial charge in [-0.15, -0.1) is 0 Å². The Bertz CT molecular complexity index is 1660. The summed E-state index contributed by atoms with van der Waals surface area (Å²) in [6, 6.07) is 0. The van der Waals surface area contributed by atoms with E-state index >= 15 is 0 Å². The molecule has 346 valence electrons. The largest absolute Gasteiger partial charge is 0.494 e. The third-order valence-corrected chi connectivity index (χ3v) is 16.2. The summed E-state index contributed by atoms with van der Waals surface area (Å²) in [4.78, 5) is 0. The first-order valence-corrected chi connectivity index (χ1v) is 22.2. The maximum absolute atomic E-state index is 11.2. The lowest BCUT2D eigenvalue weighted by molar-refractivity contribution is -0.362. The van der Waals surface area contributed by atoms with Gasteiger partial charge in [0.1, 0.15) is 67.1 Å². The van der Waals surface area contributed by atoms with Crippen LogP contribution in [0, 0.1) is 34.5 Å². The van der Waals surface area contributed by atoms with Crippen molar-refractivity contribution in [1.29, 1.82) is 0 Å². The zero-order valence-corrected chi connectivity index (χ0v) is 35.5. The fraction of sp³-hybridized carbons (Fsp3) is 0.864. The number of aliphatic hydroxyl groups excluding tert-OH is 10. The summed E-state index contributed by atoms with van der Waals surface area (Å²) in [5, 5.41) is 104. The van der Waals surface area contributed by atoms with E-state index in [9.17, 15) is 51.1 Å². The number of hydrogen-bond donors (Lipinski definition) is 10. The normalized spacial score (nSPS) is 52.1. The van der Waals surface area contributed by atoms with Crippen LogP contribution in [-0.2, 0) is 33.2 Å². The Morgan fingerprint density at radius 3 is 2.31 bits per heavy atom. The summed E-state index contributed by atoms with van der Waals surface area (Å²) in [6.45, 7) is 11.8. The molecule has 0 aromatic carbocycles. The Balaban J connectivity index is 0.940. The minimum absolute atomic E-state index is 0.0189. The molecule has 23 atom stereocenters. The maximum Gasteiger partial charge on any atom is 0.187 e. The van der Waals surface area contributed by atoms with E-state index in [0.29, 0.717) is 37.5 Å². The van der Waals surface area contributed by atoms with Crippen molar-refractivity contribution >= 4 is 0 Å². The van der Waals surface area contributed by atoms with Crippen LogP contribution in [0.2, 0.25) is 0 Å². The summed E-state index contributed by atoms with van der Waals surface area (Å²) in [6.07, 6.45) is -12.2. The smallest absolute Gasteiger partial charge is 0.187 e. The minimum Gasteiger partial charge on any atom is -0.494 e. The van der Waals surface area contributed by atoms with E-state index in [-0.39, 0.29) is 36.6 Å². The first kappa shape index (κ1) is 45.9. The third-order valence-electron chi connectivity index (χ3n) is 16.2. The molecule has 0 amide bonds. The van der Waals surface area contributed by atoms with Crippen molar-refractivity contribution in [1.82, 2.24) is 0 Å². The van der Waals surface area contributed by atoms with Gasteiger partial charge in [0, 0.05) is 24.2 Å². The summed E-state index contributed by atoms with van der Waals surface area (Å²) in [7, 11) is 0. The quantitative estimate of drug-likeness (QED) is 0.119. The Labute approximate surface area is 356 Å². The second-order valence-corrected chi connectivity index (χ2v) is 19.7. The van der Waals surface area contributed by atoms with Gasteiger partial charge in [-0.1, -0.05) is 37.6 Å². The van der Waals surface area contributed by atoms with Crippen LogP contribution in [0.1, 0.15) is 79.1 Å². The predicted molar refractivity (Wildman–Crippen MR) is 211 cm³/mol. The lowest BCUT2D eigenvalue weighted by atomic mass is 9.46. The van der Waals surface area contributed by atoms with Gasteiger partial charge in [0.05, 0.1) is 43.9 Å². The van der Waals surface area contributed by atoms with Gasteiger partial charge in [0.15, 0.2) is 18.9 Å². The highest BCUT2D eigenvalue weighted by Gasteiger charge is 2.65. The molecule has 8 rings (SSSR count). The molecule has 0 spiro atoms. The highest BCUT2D eigenvalue weighted by atomic mass is 16.8. The number of allylic oxidation sites excluding steroid dienone is 2. The molecule has 17 nitrogen and oxygen atoms in total. The Morgan fingerprint density at radius 2 is 1.57 bits per heavy atom. The molecule has 4 heterocycles. The van der Waals surface area contributed by atoms with Crippen molar-refractivity contribution in [2.24, 2.45) is 34.5 Å². The lowest BCUT2D eigenvalue weighted by Crippen LogP contribution is -2.63. The first-order chi connectivity index (χ1) is 28.9. The molecular formula is C44H68O17. The van der Waals surface area contributed by atoms with Gasteiger partial charge in [-0.3, -0.25) is 0 Å². The predicted octanol–water partition coefficient (Wildman–Crippen LogP) is -0.352. The van der Waals surface area contributed by atoms with Crippen molar-refractivity contribution in [2.75, 3.05) is 19.8 Å². The van der Waals surface area contributed by atoms with Gasteiger partial charge in [-0.2, -0.15) is 0 Å². The molecule has 3 saturated heterocycles. The molecule has 10 N–H and O–H groups in total. The topological polar surface area (TPSA) is 267 Å². The number of hydrogen-bond acceptors (Lipinski definition) is 17. The third kappa shape index (κ3) is 7.99. The van der Waals surface area contributed by atoms with Gasteiger partial charge < -0.3 is 84.2 Å². The maximum atomic E-state index is 11.2. The molecular weight excluding hydrogens is 800 g/mol. The van der Waals surface area contributed by atoms with Gasteiger partial charge in [0.2, 0.25) is 0 Å². The van der Waals surface area contributed by atoms with E-state index in [1.807, 2.05) is 0 Å². The zero-order chi connectivity index (χ0) is 43.9. The van der Waals surface area contributed by atoms with Crippen molar-refractivity contribution in [3.63, 3.8) is 0 Å². The van der Waals surface area contributed by atoms with Crippen LogP contribution in [0.3, 0.4) is 0 Å². The van der Waals surface area contributed by atoms with E-state index in [1.54, 1.807) is 0 Å². The molecule has 8 aliphatic rings. The van der Waals surface area contributed by atoms with E-state index in [4.69, 9.17) is 33.2 Å². The molecule has 6 fully saturated rings. The van der Waals surface area contributed by atoms with Gasteiger partial charge >= 0.3 is 0 Å². The molecule has 4 aliphatic heterocycles. The number of aliphatic hydroxyl groups is 10. The molecule has 0 aromatic rings. The van der Waals surface area contributed by atoms with Crippen molar-refractivity contribution in [2.45, 2.75) is 183 Å². The van der Waals surface area contributed by atoms with Gasteiger partial charge in [-0.25, -0.2) is 0 Å². The molecule has 0 radical (unpaired) electrons. The van der Waals surface area contributed by atoms with Crippen LogP contribution in [0.15, 0.2) is 35.1 Å². The molecule has 3 saturated carbocycles. The van der Waals surface area contributed by atoms with Crippen LogP contribution in [-0.4, -0.2) is 175 Å². The first-order valence-electron chi connectivity index (χ1n) is 22.2. The summed E-state index contributed by atoms with van der Waals surface area (Å²) >= 11 is 0. The van der Waals surface area contributed by atoms with Crippen LogP contribution in [0.4, 0.5) is 0 Å². The summed E-state index contributed by atoms with van der Waals surface area (Å²) < 4.78 is 42.5. The zero-order valence-electron chi connectivity index (χ0n) is 35.5. The molecule has 61 heavy (non-hydrogen) atoms. The lowest BCUT2D eigenvalue weighted by Gasteiger charge is -2.60. The number of fused-ring (bicyclic) bond motifs is 7. The summed E-state index contributed by atoms with van der Waals surface area (Å²) in [5.74, 6) is 2.07. The Kier molecular flexibility index (Phi) is 13.3. The molecule has 17 heteroatoms. The van der Waals surface area contributed by atoms with E-state index in [0.717, 1.165) is 42.6 Å². The SMILES string of the molecule is C=C(CCC1=C(C)[C@H]2[C@H](CC3C4CC=C5C[C@@H](O)C[C@@H](O[C@@H]6OC[C@H](O)[C@H](O)[C@H]6O[C@@H]6O[C@@H](C)[C@H](O)[C@@H](O)[C@H]6O)C5(C)C4CC[C@@]32C)O1)CO[C@@H]1O[C@H](CO)[C@@H](O)[C@H](O)[C@H]1O. The standard InChI is InChI=1S/C44H68O17/c1-18(16-55-40-37(53)36(52)34(50)29(15-45)59-40)6-9-27-19(2)31-28(58-27)14-25-23-8-7-21-12-22(46)13-30(44(21,5)24(23)10-11-43(25,31)4)60-42-39(33(49)26(47)17-56-42)61-41-38(54)35(51)32(48)20(3)57-41/h7,20,22-26,28-42,45-54H,1,6,8-17H2,2-5H3/t20-,22+,23?,24?,25?,26-,28-,29+,30+,31-,32-,33-,34+,35+,36-,37+,38+,39+,40+,41-,42-,43-,44?/m0/s1. The number of rotatable bonds is 11. The van der Waals surface area contributed by atoms with Crippen LogP contribution in [0.5, 0.6) is 0 Å². The second-order valence-electron chi connectivity index (χ2n) is 19.7. The fourth-order valence-corrected chi connectivity index (χ4v) is 12.7. The van der Waals surface area contributed by atoms with Crippen molar-refractivity contribution in [3.8, 4) is 0 Å². The van der Waals surface area contributed by atoms with Crippen molar-refractivity contribution in [3.05, 3.63) is 35.1 Å². The van der Waals surface area contributed by atoms with E-state index in [1.165, 1.54) is 12.5 Å². The van der Waals surface area contributed by atoms with E-state index < -0.39 is 110 Å². The highest BCUT2D eigenvalue weighted by Crippen LogP contribution is 2.69. The van der Waals surface area contributed by atoms with Crippen molar-refractivity contribution < 1.29 is 84.2 Å². The monoisotopic (exact) mass is 868 g/mol. The Hall–Kier alpha value is -1.62. The van der Waals surface area contributed by atoms with Gasteiger partial charge in [0.25, 0.3) is 0 Å². The highest BCUT2D eigenvalue weighted by molar-refractivity contribution is 5.31. The van der Waals surface area contributed by atoms with Crippen LogP contribution < -0.4 is 0 Å². The second kappa shape index (κ2) is 17.6. The minimum atomic E-state index is -1.64. The Morgan fingerprint density at radius 1 is 0.852 bits per heavy atom. The molecule has 4 unspecified atom stereocenters.